The summed E-state index contributed by atoms with van der Waals surface area (Å²) in [6.07, 6.45) is 4.55. The summed E-state index contributed by atoms with van der Waals surface area (Å²) >= 11 is 0. The van der Waals surface area contributed by atoms with Gasteiger partial charge in [0.1, 0.15) is 0 Å². The van der Waals surface area contributed by atoms with E-state index >= 15 is 0 Å². The summed E-state index contributed by atoms with van der Waals surface area (Å²) in [5.74, 6) is 0. The van der Waals surface area contributed by atoms with Crippen molar-refractivity contribution >= 4 is 10.0 Å². The number of sulfonamides is 1. The predicted octanol–water partition coefficient (Wildman–Crippen LogP) is 0.861. The number of ether oxygens (including phenoxy) is 1. The van der Waals surface area contributed by atoms with Gasteiger partial charge in [-0.15, -0.1) is 0 Å². The average molecular weight is 278 g/mol. The Morgan fingerprint density at radius 2 is 2.06 bits per heavy atom. The van der Waals surface area contributed by atoms with E-state index in [2.05, 4.69) is 17.0 Å². The summed E-state index contributed by atoms with van der Waals surface area (Å²) in [5.41, 5.74) is -0.465. The van der Waals surface area contributed by atoms with E-state index in [1.54, 1.807) is 0 Å². The lowest BCUT2D eigenvalue weighted by atomic mass is 10.00. The molecule has 2 unspecified atom stereocenters. The van der Waals surface area contributed by atoms with Crippen LogP contribution in [0.5, 0.6) is 0 Å². The lowest BCUT2D eigenvalue weighted by molar-refractivity contribution is -0.000757. The molecule has 0 saturated carbocycles. The molecule has 0 aromatic heterocycles. The molecule has 5 nitrogen and oxygen atoms in total. The maximum atomic E-state index is 11.2. The molecule has 1 saturated heterocycles. The minimum Gasteiger partial charge on any atom is -0.378 e. The van der Waals surface area contributed by atoms with Gasteiger partial charge in [-0.05, 0) is 33.1 Å². The van der Waals surface area contributed by atoms with Crippen LogP contribution in [0.3, 0.4) is 0 Å². The van der Waals surface area contributed by atoms with E-state index in [-0.39, 0.29) is 0 Å². The van der Waals surface area contributed by atoms with Crippen LogP contribution in [0.25, 0.3) is 0 Å². The Labute approximate surface area is 111 Å². The van der Waals surface area contributed by atoms with Crippen molar-refractivity contribution < 1.29 is 13.2 Å². The van der Waals surface area contributed by atoms with Crippen molar-refractivity contribution in [1.82, 2.24) is 10.0 Å². The number of nitrogens with one attached hydrogen (secondary N) is 2. The zero-order valence-electron chi connectivity index (χ0n) is 11.8. The van der Waals surface area contributed by atoms with Gasteiger partial charge in [-0.3, -0.25) is 0 Å². The van der Waals surface area contributed by atoms with Gasteiger partial charge in [-0.1, -0.05) is 6.92 Å². The molecule has 1 aliphatic heterocycles. The quantitative estimate of drug-likeness (QED) is 0.756. The Kier molecular flexibility index (Phi) is 5.58. The van der Waals surface area contributed by atoms with E-state index in [0.29, 0.717) is 18.7 Å². The molecule has 0 spiro atoms. The standard InChI is InChI=1S/C12H26N2O3S/c1-5-11-8-10(6-7-17-11)13-9-12(2,3)14-18(4,15)16/h10-11,13-14H,5-9H2,1-4H3. The summed E-state index contributed by atoms with van der Waals surface area (Å²) in [5, 5.41) is 3.44. The largest absolute Gasteiger partial charge is 0.378 e. The van der Waals surface area contributed by atoms with Crippen LogP contribution in [-0.4, -0.2) is 45.5 Å². The van der Waals surface area contributed by atoms with Gasteiger partial charge in [-0.25, -0.2) is 13.1 Å². The fourth-order valence-corrected chi connectivity index (χ4v) is 3.36. The minimum absolute atomic E-state index is 0.335. The van der Waals surface area contributed by atoms with Crippen LogP contribution in [0.15, 0.2) is 0 Å². The molecule has 1 aliphatic rings. The van der Waals surface area contributed by atoms with Crippen molar-refractivity contribution in [2.75, 3.05) is 19.4 Å². The number of rotatable bonds is 6. The smallest absolute Gasteiger partial charge is 0.209 e. The lowest BCUT2D eigenvalue weighted by Gasteiger charge is -2.33. The Morgan fingerprint density at radius 3 is 2.61 bits per heavy atom. The molecule has 108 valence electrons. The summed E-state index contributed by atoms with van der Waals surface area (Å²) in [6.45, 7) is 7.31. The van der Waals surface area contributed by atoms with Crippen molar-refractivity contribution in [3.8, 4) is 0 Å². The second-order valence-electron chi connectivity index (χ2n) is 5.76. The average Bonchev–Trinajstić information content (AvgIpc) is 2.24. The molecule has 1 heterocycles. The molecule has 0 aromatic carbocycles. The van der Waals surface area contributed by atoms with Crippen molar-refractivity contribution in [3.63, 3.8) is 0 Å². The number of hydrogen-bond acceptors (Lipinski definition) is 4. The van der Waals surface area contributed by atoms with Crippen molar-refractivity contribution in [1.29, 1.82) is 0 Å². The first kappa shape index (κ1) is 15.9. The highest BCUT2D eigenvalue weighted by Gasteiger charge is 2.26. The highest BCUT2D eigenvalue weighted by atomic mass is 32.2. The summed E-state index contributed by atoms with van der Waals surface area (Å²) in [4.78, 5) is 0. The van der Waals surface area contributed by atoms with Crippen molar-refractivity contribution in [2.45, 2.75) is 57.7 Å². The van der Waals surface area contributed by atoms with Gasteiger partial charge in [0.05, 0.1) is 12.4 Å². The topological polar surface area (TPSA) is 67.4 Å². The highest BCUT2D eigenvalue weighted by molar-refractivity contribution is 7.88. The molecule has 0 aliphatic carbocycles. The first-order chi connectivity index (χ1) is 8.22. The highest BCUT2D eigenvalue weighted by Crippen LogP contribution is 2.16. The third-order valence-corrected chi connectivity index (χ3v) is 4.04. The molecule has 0 aromatic rings. The van der Waals surface area contributed by atoms with Gasteiger partial charge >= 0.3 is 0 Å². The van der Waals surface area contributed by atoms with E-state index in [9.17, 15) is 8.42 Å². The second kappa shape index (κ2) is 6.32. The van der Waals surface area contributed by atoms with Crippen LogP contribution in [0.2, 0.25) is 0 Å². The molecular formula is C12H26N2O3S. The molecular weight excluding hydrogens is 252 g/mol. The van der Waals surface area contributed by atoms with E-state index in [4.69, 9.17) is 4.74 Å². The third kappa shape index (κ3) is 6.13. The Hall–Kier alpha value is -0.170. The van der Waals surface area contributed by atoms with Crippen LogP contribution in [0, 0.1) is 0 Å². The molecule has 0 amide bonds. The number of hydrogen-bond donors (Lipinski definition) is 2. The maximum absolute atomic E-state index is 11.2. The molecule has 1 fully saturated rings. The molecule has 2 atom stereocenters. The fraction of sp³-hybridized carbons (Fsp3) is 1.00. The van der Waals surface area contributed by atoms with Crippen LogP contribution < -0.4 is 10.0 Å². The van der Waals surface area contributed by atoms with Gasteiger partial charge < -0.3 is 10.1 Å². The molecule has 18 heavy (non-hydrogen) atoms. The Morgan fingerprint density at radius 1 is 1.39 bits per heavy atom. The monoisotopic (exact) mass is 278 g/mol. The van der Waals surface area contributed by atoms with Gasteiger partial charge in [0, 0.05) is 24.7 Å². The van der Waals surface area contributed by atoms with Crippen molar-refractivity contribution in [3.05, 3.63) is 0 Å². The molecule has 6 heteroatoms. The Bertz CT molecular complexity index is 354. The lowest BCUT2D eigenvalue weighted by Crippen LogP contribution is -2.53. The third-order valence-electron chi connectivity index (χ3n) is 3.12. The minimum atomic E-state index is -3.16. The summed E-state index contributed by atoms with van der Waals surface area (Å²) in [7, 11) is -3.16. The van der Waals surface area contributed by atoms with Crippen LogP contribution in [0.4, 0.5) is 0 Å². The van der Waals surface area contributed by atoms with Crippen LogP contribution in [-0.2, 0) is 14.8 Å². The van der Waals surface area contributed by atoms with E-state index in [1.807, 2.05) is 13.8 Å². The fourth-order valence-electron chi connectivity index (χ4n) is 2.29. The summed E-state index contributed by atoms with van der Waals surface area (Å²) in [6, 6.07) is 0.421. The molecule has 0 bridgehead atoms. The summed E-state index contributed by atoms with van der Waals surface area (Å²) < 4.78 is 30.7. The Balaban J connectivity index is 2.39. The zero-order valence-corrected chi connectivity index (χ0v) is 12.6. The SMILES string of the molecule is CCC1CC(NCC(C)(C)NS(C)(=O)=O)CCO1. The van der Waals surface area contributed by atoms with E-state index in [1.165, 1.54) is 6.26 Å². The second-order valence-corrected chi connectivity index (χ2v) is 7.51. The predicted molar refractivity (Wildman–Crippen MR) is 73.1 cm³/mol. The van der Waals surface area contributed by atoms with Gasteiger partial charge in [0.25, 0.3) is 0 Å². The maximum Gasteiger partial charge on any atom is 0.209 e. The zero-order chi connectivity index (χ0) is 13.8. The van der Waals surface area contributed by atoms with Crippen molar-refractivity contribution in [2.24, 2.45) is 0 Å². The first-order valence-corrected chi connectivity index (χ1v) is 8.45. The molecule has 2 N–H and O–H groups in total. The van der Waals surface area contributed by atoms with Crippen LogP contribution in [0.1, 0.15) is 40.0 Å². The molecule has 0 radical (unpaired) electrons. The molecule has 1 rings (SSSR count). The van der Waals surface area contributed by atoms with Gasteiger partial charge in [0.15, 0.2) is 0 Å². The van der Waals surface area contributed by atoms with Gasteiger partial charge in [-0.2, -0.15) is 0 Å². The van der Waals surface area contributed by atoms with Crippen LogP contribution >= 0.6 is 0 Å². The normalized spacial score (nSPS) is 26.2. The van der Waals surface area contributed by atoms with E-state index < -0.39 is 15.6 Å². The van der Waals surface area contributed by atoms with E-state index in [0.717, 1.165) is 25.9 Å². The van der Waals surface area contributed by atoms with Gasteiger partial charge in [0.2, 0.25) is 10.0 Å². The first-order valence-electron chi connectivity index (χ1n) is 6.56.